The maximum atomic E-state index is 12.2. The number of carbonyl (C=O) groups is 2. The Balaban J connectivity index is 2.33. The lowest BCUT2D eigenvalue weighted by atomic mass is 10.2. The SMILES string of the molecule is CCN(CC)C(=O)c1ccc2oc(CC(=O)O)nc2c1. The number of hydrogen-bond acceptors (Lipinski definition) is 4. The highest BCUT2D eigenvalue weighted by atomic mass is 16.4. The third-order valence-corrected chi connectivity index (χ3v) is 3.03. The Kier molecular flexibility index (Phi) is 4.02. The molecule has 0 unspecified atom stereocenters. The van der Waals surface area contributed by atoms with Crippen LogP contribution in [-0.2, 0) is 11.2 Å². The lowest BCUT2D eigenvalue weighted by Crippen LogP contribution is -2.30. The number of fused-ring (bicyclic) bond motifs is 1. The van der Waals surface area contributed by atoms with E-state index in [1.54, 1.807) is 23.1 Å². The van der Waals surface area contributed by atoms with E-state index in [9.17, 15) is 9.59 Å². The van der Waals surface area contributed by atoms with Gasteiger partial charge in [0, 0.05) is 18.7 Å². The number of rotatable bonds is 5. The number of aliphatic carboxylic acids is 1. The molecule has 1 N–H and O–H groups in total. The van der Waals surface area contributed by atoms with Gasteiger partial charge in [-0.2, -0.15) is 0 Å². The lowest BCUT2D eigenvalue weighted by molar-refractivity contribution is -0.136. The van der Waals surface area contributed by atoms with Gasteiger partial charge in [-0.05, 0) is 32.0 Å². The van der Waals surface area contributed by atoms with Gasteiger partial charge in [-0.1, -0.05) is 0 Å². The maximum absolute atomic E-state index is 12.2. The fraction of sp³-hybridized carbons (Fsp3) is 0.357. The molecule has 1 aromatic heterocycles. The third-order valence-electron chi connectivity index (χ3n) is 3.03. The van der Waals surface area contributed by atoms with Gasteiger partial charge in [-0.3, -0.25) is 9.59 Å². The highest BCUT2D eigenvalue weighted by Crippen LogP contribution is 2.18. The van der Waals surface area contributed by atoms with Gasteiger partial charge in [0.25, 0.3) is 5.91 Å². The molecule has 0 saturated heterocycles. The molecule has 20 heavy (non-hydrogen) atoms. The molecule has 1 amide bonds. The number of aromatic nitrogens is 1. The van der Waals surface area contributed by atoms with Gasteiger partial charge in [-0.25, -0.2) is 4.98 Å². The second-order valence-corrected chi connectivity index (χ2v) is 4.34. The highest BCUT2D eigenvalue weighted by molar-refractivity contribution is 5.97. The smallest absolute Gasteiger partial charge is 0.312 e. The van der Waals surface area contributed by atoms with E-state index >= 15 is 0 Å². The molecule has 0 spiro atoms. The van der Waals surface area contributed by atoms with Crippen LogP contribution in [0.5, 0.6) is 0 Å². The zero-order valence-electron chi connectivity index (χ0n) is 11.4. The molecular formula is C14H16N2O4. The summed E-state index contributed by atoms with van der Waals surface area (Å²) in [6.07, 6.45) is -0.270. The van der Waals surface area contributed by atoms with Crippen LogP contribution in [0.25, 0.3) is 11.1 Å². The molecule has 0 bridgehead atoms. The van der Waals surface area contributed by atoms with Crippen LogP contribution in [-0.4, -0.2) is 40.0 Å². The fourth-order valence-electron chi connectivity index (χ4n) is 2.01. The van der Waals surface area contributed by atoms with Crippen molar-refractivity contribution in [1.82, 2.24) is 9.88 Å². The predicted molar refractivity (Wildman–Crippen MR) is 72.6 cm³/mol. The van der Waals surface area contributed by atoms with Gasteiger partial charge in [0.1, 0.15) is 11.9 Å². The van der Waals surface area contributed by atoms with Crippen molar-refractivity contribution in [2.24, 2.45) is 0 Å². The summed E-state index contributed by atoms with van der Waals surface area (Å²) in [6, 6.07) is 4.94. The van der Waals surface area contributed by atoms with Gasteiger partial charge in [0.15, 0.2) is 5.58 Å². The summed E-state index contributed by atoms with van der Waals surface area (Å²) >= 11 is 0. The minimum absolute atomic E-state index is 0.0697. The molecular weight excluding hydrogens is 260 g/mol. The molecule has 1 heterocycles. The van der Waals surface area contributed by atoms with Crippen LogP contribution >= 0.6 is 0 Å². The summed E-state index contributed by atoms with van der Waals surface area (Å²) in [7, 11) is 0. The molecule has 1 aromatic carbocycles. The van der Waals surface area contributed by atoms with Crippen LogP contribution in [0.15, 0.2) is 22.6 Å². The molecule has 0 aliphatic heterocycles. The Morgan fingerprint density at radius 3 is 2.60 bits per heavy atom. The van der Waals surface area contributed by atoms with Gasteiger partial charge in [0.05, 0.1) is 0 Å². The summed E-state index contributed by atoms with van der Waals surface area (Å²) in [6.45, 7) is 5.11. The van der Waals surface area contributed by atoms with Crippen molar-refractivity contribution in [2.45, 2.75) is 20.3 Å². The topological polar surface area (TPSA) is 83.6 Å². The molecule has 6 heteroatoms. The van der Waals surface area contributed by atoms with E-state index in [0.29, 0.717) is 29.8 Å². The maximum Gasteiger partial charge on any atom is 0.312 e. The molecule has 2 rings (SSSR count). The monoisotopic (exact) mass is 276 g/mol. The number of benzene rings is 1. The third kappa shape index (κ3) is 2.79. The summed E-state index contributed by atoms with van der Waals surface area (Å²) < 4.78 is 5.31. The minimum atomic E-state index is -1.00. The lowest BCUT2D eigenvalue weighted by Gasteiger charge is -2.18. The van der Waals surface area contributed by atoms with E-state index in [-0.39, 0.29) is 18.2 Å². The Morgan fingerprint density at radius 2 is 2.00 bits per heavy atom. The first kappa shape index (κ1) is 14.0. The van der Waals surface area contributed by atoms with Crippen LogP contribution in [0.1, 0.15) is 30.1 Å². The zero-order chi connectivity index (χ0) is 14.7. The Labute approximate surface area is 116 Å². The Morgan fingerprint density at radius 1 is 1.30 bits per heavy atom. The second kappa shape index (κ2) is 5.73. The molecule has 0 saturated carbocycles. The van der Waals surface area contributed by atoms with Crippen LogP contribution < -0.4 is 0 Å². The van der Waals surface area contributed by atoms with Crippen molar-refractivity contribution in [2.75, 3.05) is 13.1 Å². The van der Waals surface area contributed by atoms with Crippen molar-refractivity contribution in [1.29, 1.82) is 0 Å². The normalized spacial score (nSPS) is 10.7. The number of hydrogen-bond donors (Lipinski definition) is 1. The van der Waals surface area contributed by atoms with Crippen molar-refractivity contribution >= 4 is 23.0 Å². The van der Waals surface area contributed by atoms with E-state index in [0.717, 1.165) is 0 Å². The standard InChI is InChI=1S/C14H16N2O4/c1-3-16(4-2)14(19)9-5-6-11-10(7-9)15-12(20-11)8-13(17)18/h5-7H,3-4,8H2,1-2H3,(H,17,18). The van der Waals surface area contributed by atoms with Crippen molar-refractivity contribution in [3.8, 4) is 0 Å². The van der Waals surface area contributed by atoms with Crippen LogP contribution in [0.2, 0.25) is 0 Å². The Hall–Kier alpha value is -2.37. The van der Waals surface area contributed by atoms with Crippen LogP contribution in [0.4, 0.5) is 0 Å². The summed E-state index contributed by atoms with van der Waals surface area (Å²) in [5, 5.41) is 8.71. The number of nitrogens with zero attached hydrogens (tertiary/aromatic N) is 2. The molecule has 0 atom stereocenters. The van der Waals surface area contributed by atoms with Crippen LogP contribution in [0.3, 0.4) is 0 Å². The van der Waals surface area contributed by atoms with Gasteiger partial charge < -0.3 is 14.4 Å². The molecule has 0 aliphatic rings. The molecule has 2 aromatic rings. The molecule has 106 valence electrons. The first-order chi connectivity index (χ1) is 9.55. The largest absolute Gasteiger partial charge is 0.481 e. The van der Waals surface area contributed by atoms with Gasteiger partial charge >= 0.3 is 5.97 Å². The van der Waals surface area contributed by atoms with E-state index in [1.807, 2.05) is 13.8 Å². The fourth-order valence-corrected chi connectivity index (χ4v) is 2.01. The minimum Gasteiger partial charge on any atom is -0.481 e. The number of carbonyl (C=O) groups excluding carboxylic acids is 1. The first-order valence-electron chi connectivity index (χ1n) is 6.45. The second-order valence-electron chi connectivity index (χ2n) is 4.34. The van der Waals surface area contributed by atoms with Crippen LogP contribution in [0, 0.1) is 0 Å². The average Bonchev–Trinajstić information content (AvgIpc) is 2.79. The average molecular weight is 276 g/mol. The molecule has 0 fully saturated rings. The quantitative estimate of drug-likeness (QED) is 0.902. The highest BCUT2D eigenvalue weighted by Gasteiger charge is 2.15. The first-order valence-corrected chi connectivity index (χ1v) is 6.45. The number of oxazole rings is 1. The van der Waals surface area contributed by atoms with Gasteiger partial charge in [-0.15, -0.1) is 0 Å². The molecule has 6 nitrogen and oxygen atoms in total. The van der Waals surface area contributed by atoms with E-state index < -0.39 is 5.97 Å². The van der Waals surface area contributed by atoms with E-state index in [4.69, 9.17) is 9.52 Å². The number of carboxylic acid groups (broad SMARTS) is 1. The molecule has 0 aliphatic carbocycles. The number of carboxylic acids is 1. The number of amides is 1. The van der Waals surface area contributed by atoms with E-state index in [2.05, 4.69) is 4.98 Å². The Bertz CT molecular complexity index is 644. The van der Waals surface area contributed by atoms with E-state index in [1.165, 1.54) is 0 Å². The van der Waals surface area contributed by atoms with Crippen molar-refractivity contribution in [3.05, 3.63) is 29.7 Å². The van der Waals surface area contributed by atoms with Gasteiger partial charge in [0.2, 0.25) is 5.89 Å². The zero-order valence-corrected chi connectivity index (χ0v) is 11.4. The van der Waals surface area contributed by atoms with Crippen molar-refractivity contribution in [3.63, 3.8) is 0 Å². The van der Waals surface area contributed by atoms with Crippen molar-refractivity contribution < 1.29 is 19.1 Å². The predicted octanol–water partition coefficient (Wildman–Crippen LogP) is 1.94. The summed E-state index contributed by atoms with van der Waals surface area (Å²) in [5.41, 5.74) is 1.51. The summed E-state index contributed by atoms with van der Waals surface area (Å²) in [5.74, 6) is -0.935. The summed E-state index contributed by atoms with van der Waals surface area (Å²) in [4.78, 5) is 28.6. The molecule has 0 radical (unpaired) electrons.